The number of nitrogens with one attached hydrogen (secondary N) is 1. The Balaban J connectivity index is 1.71. The van der Waals surface area contributed by atoms with Crippen LogP contribution in [0.2, 0.25) is 0 Å². The van der Waals surface area contributed by atoms with Crippen LogP contribution in [0.25, 0.3) is 0 Å². The number of hydrogen-bond acceptors (Lipinski definition) is 5. The van der Waals surface area contributed by atoms with Gasteiger partial charge in [-0.05, 0) is 29.4 Å². The Bertz CT molecular complexity index is 770. The van der Waals surface area contributed by atoms with Gasteiger partial charge >= 0.3 is 5.00 Å². The Morgan fingerprint density at radius 2 is 1.90 bits per heavy atom. The molecule has 8 heteroatoms. The quantitative estimate of drug-likeness (QED) is 0.676. The van der Waals surface area contributed by atoms with Gasteiger partial charge in [0.05, 0.1) is 4.92 Å². The van der Waals surface area contributed by atoms with Gasteiger partial charge < -0.3 is 0 Å². The Morgan fingerprint density at radius 1 is 1.19 bits per heavy atom. The van der Waals surface area contributed by atoms with E-state index in [0.29, 0.717) is 11.3 Å². The minimum absolute atomic E-state index is 0.0205. The number of benzene rings is 1. The van der Waals surface area contributed by atoms with Crippen molar-refractivity contribution in [1.29, 1.82) is 0 Å². The van der Waals surface area contributed by atoms with Gasteiger partial charge in [-0.15, -0.1) is 0 Å². The van der Waals surface area contributed by atoms with E-state index in [-0.39, 0.29) is 21.2 Å². The Morgan fingerprint density at radius 3 is 2.52 bits per heavy atom. The third-order valence-corrected chi connectivity index (χ3v) is 6.36. The van der Waals surface area contributed by atoms with Crippen molar-refractivity contribution in [2.45, 2.75) is 22.6 Å². The zero-order chi connectivity index (χ0) is 15.0. The Labute approximate surface area is 125 Å². The minimum Gasteiger partial charge on any atom is -0.258 e. The molecule has 2 aromatic rings. The number of nitrogens with zero attached hydrogens (tertiary/aromatic N) is 1. The molecule has 3 rings (SSSR count). The SMILES string of the molecule is O=[N+]([O-])c1ccc(S(=O)(=O)N[C@@H]2C[C@H]2c2ccccc2)s1. The molecule has 0 aliphatic heterocycles. The summed E-state index contributed by atoms with van der Waals surface area (Å²) in [5, 5.41) is 10.4. The normalized spacial score (nSPS) is 21.1. The molecule has 1 aliphatic rings. The zero-order valence-corrected chi connectivity index (χ0v) is 12.4. The van der Waals surface area contributed by atoms with Gasteiger partial charge in [0.15, 0.2) is 0 Å². The number of nitro groups is 1. The standard InChI is InChI=1S/C13H12N2O4S2/c16-15(17)12-6-7-13(20-12)21(18,19)14-11-8-10(11)9-4-2-1-3-5-9/h1-7,10-11,14H,8H2/t10-,11+/m0/s1. The van der Waals surface area contributed by atoms with E-state index in [0.717, 1.165) is 12.0 Å². The largest absolute Gasteiger partial charge is 0.325 e. The highest BCUT2D eigenvalue weighted by Crippen LogP contribution is 2.42. The van der Waals surface area contributed by atoms with Gasteiger partial charge in [0.1, 0.15) is 4.21 Å². The van der Waals surface area contributed by atoms with Gasteiger partial charge in [-0.25, -0.2) is 13.1 Å². The second kappa shape index (κ2) is 5.21. The highest BCUT2D eigenvalue weighted by atomic mass is 32.2. The summed E-state index contributed by atoms with van der Waals surface area (Å²) in [6.07, 6.45) is 0.747. The van der Waals surface area contributed by atoms with E-state index in [1.807, 2.05) is 30.3 Å². The molecule has 0 spiro atoms. The van der Waals surface area contributed by atoms with Crippen molar-refractivity contribution in [2.75, 3.05) is 0 Å². The molecule has 0 amide bonds. The minimum atomic E-state index is -3.69. The molecule has 1 aromatic heterocycles. The molecule has 1 heterocycles. The Hall–Kier alpha value is -1.77. The monoisotopic (exact) mass is 324 g/mol. The first-order valence-electron chi connectivity index (χ1n) is 6.29. The lowest BCUT2D eigenvalue weighted by atomic mass is 10.1. The summed E-state index contributed by atoms with van der Waals surface area (Å²) in [7, 11) is -3.69. The predicted molar refractivity (Wildman–Crippen MR) is 78.9 cm³/mol. The fourth-order valence-corrected chi connectivity index (χ4v) is 4.62. The van der Waals surface area contributed by atoms with Crippen molar-refractivity contribution in [2.24, 2.45) is 0 Å². The van der Waals surface area contributed by atoms with Crippen LogP contribution in [0.1, 0.15) is 17.9 Å². The fourth-order valence-electron chi connectivity index (χ4n) is 2.20. The number of thiophene rings is 1. The van der Waals surface area contributed by atoms with Gasteiger partial charge in [0.25, 0.3) is 10.0 Å². The van der Waals surface area contributed by atoms with Crippen molar-refractivity contribution in [3.05, 3.63) is 58.1 Å². The van der Waals surface area contributed by atoms with E-state index in [4.69, 9.17) is 0 Å². The maximum Gasteiger partial charge on any atom is 0.325 e. The lowest BCUT2D eigenvalue weighted by Gasteiger charge is -2.04. The van der Waals surface area contributed by atoms with Crippen molar-refractivity contribution in [3.63, 3.8) is 0 Å². The van der Waals surface area contributed by atoms with Gasteiger partial charge in [0.2, 0.25) is 0 Å². The summed E-state index contributed by atoms with van der Waals surface area (Å²) in [5.41, 5.74) is 1.10. The predicted octanol–water partition coefficient (Wildman–Crippen LogP) is 2.49. The van der Waals surface area contributed by atoms with E-state index >= 15 is 0 Å². The van der Waals surface area contributed by atoms with Crippen molar-refractivity contribution >= 4 is 26.4 Å². The summed E-state index contributed by atoms with van der Waals surface area (Å²) in [5.74, 6) is 0.177. The van der Waals surface area contributed by atoms with E-state index in [1.54, 1.807) is 0 Å². The van der Waals surface area contributed by atoms with Crippen LogP contribution in [0.5, 0.6) is 0 Å². The van der Waals surface area contributed by atoms with Crippen LogP contribution in [0.4, 0.5) is 5.00 Å². The third kappa shape index (κ3) is 2.97. The lowest BCUT2D eigenvalue weighted by molar-refractivity contribution is -0.380. The average molecular weight is 324 g/mol. The molecule has 21 heavy (non-hydrogen) atoms. The van der Waals surface area contributed by atoms with Crippen LogP contribution in [0, 0.1) is 10.1 Å². The van der Waals surface area contributed by atoms with Crippen molar-refractivity contribution in [3.8, 4) is 0 Å². The fraction of sp³-hybridized carbons (Fsp3) is 0.231. The topological polar surface area (TPSA) is 89.3 Å². The third-order valence-electron chi connectivity index (χ3n) is 3.34. The van der Waals surface area contributed by atoms with Crippen LogP contribution in [-0.2, 0) is 10.0 Å². The molecule has 1 fully saturated rings. The van der Waals surface area contributed by atoms with E-state index in [2.05, 4.69) is 4.72 Å². The van der Waals surface area contributed by atoms with E-state index in [1.165, 1.54) is 12.1 Å². The van der Waals surface area contributed by atoms with Crippen molar-refractivity contribution in [1.82, 2.24) is 4.72 Å². The molecule has 1 saturated carbocycles. The van der Waals surface area contributed by atoms with Crippen LogP contribution < -0.4 is 4.72 Å². The van der Waals surface area contributed by atoms with E-state index in [9.17, 15) is 18.5 Å². The van der Waals surface area contributed by atoms with Crippen molar-refractivity contribution < 1.29 is 13.3 Å². The van der Waals surface area contributed by atoms with Crippen LogP contribution >= 0.6 is 11.3 Å². The first kappa shape index (κ1) is 14.2. The molecule has 0 radical (unpaired) electrons. The van der Waals surface area contributed by atoms with Crippen LogP contribution in [0.3, 0.4) is 0 Å². The molecule has 110 valence electrons. The molecular formula is C13H12N2O4S2. The molecule has 0 bridgehead atoms. The van der Waals surface area contributed by atoms with Gasteiger partial charge in [-0.1, -0.05) is 30.3 Å². The second-order valence-corrected chi connectivity index (χ2v) is 7.83. The molecular weight excluding hydrogens is 312 g/mol. The van der Waals surface area contributed by atoms with Gasteiger partial charge in [-0.2, -0.15) is 0 Å². The number of rotatable bonds is 5. The van der Waals surface area contributed by atoms with Gasteiger partial charge in [-0.3, -0.25) is 10.1 Å². The van der Waals surface area contributed by atoms with Gasteiger partial charge in [0, 0.05) is 18.0 Å². The van der Waals surface area contributed by atoms with Crippen LogP contribution in [-0.4, -0.2) is 19.4 Å². The molecule has 6 nitrogen and oxygen atoms in total. The maximum absolute atomic E-state index is 12.2. The first-order chi connectivity index (χ1) is 9.97. The molecule has 0 saturated heterocycles. The lowest BCUT2D eigenvalue weighted by Crippen LogP contribution is -2.26. The smallest absolute Gasteiger partial charge is 0.258 e. The van der Waals surface area contributed by atoms with E-state index < -0.39 is 14.9 Å². The summed E-state index contributed by atoms with van der Waals surface area (Å²) in [6, 6.07) is 12.0. The highest BCUT2D eigenvalue weighted by Gasteiger charge is 2.41. The number of sulfonamides is 1. The molecule has 2 atom stereocenters. The zero-order valence-electron chi connectivity index (χ0n) is 10.8. The molecule has 0 unspecified atom stereocenters. The summed E-state index contributed by atoms with van der Waals surface area (Å²) >= 11 is 0.665. The average Bonchev–Trinajstić information content (AvgIpc) is 3.01. The molecule has 1 N–H and O–H groups in total. The molecule has 1 aliphatic carbocycles. The summed E-state index contributed by atoms with van der Waals surface area (Å²) in [4.78, 5) is 10.0. The molecule has 1 aromatic carbocycles. The highest BCUT2D eigenvalue weighted by molar-refractivity contribution is 7.91. The summed E-state index contributed by atoms with van der Waals surface area (Å²) < 4.78 is 26.9. The maximum atomic E-state index is 12.2. The van der Waals surface area contributed by atoms with Crippen LogP contribution in [0.15, 0.2) is 46.7 Å². The second-order valence-electron chi connectivity index (χ2n) is 4.83. The number of hydrogen-bond donors (Lipinski definition) is 1. The Kier molecular flexibility index (Phi) is 3.52. The first-order valence-corrected chi connectivity index (χ1v) is 8.59. The summed E-state index contributed by atoms with van der Waals surface area (Å²) in [6.45, 7) is 0.